The van der Waals surface area contributed by atoms with Crippen LogP contribution in [0.2, 0.25) is 0 Å². The van der Waals surface area contributed by atoms with Crippen LogP contribution in [-0.4, -0.2) is 96.2 Å². The molecule has 0 amide bonds. The molecular formula is C26H58CoN8+3. The molecule has 0 saturated carbocycles. The van der Waals surface area contributed by atoms with E-state index in [2.05, 4.69) is 44.1 Å². The monoisotopic (exact) mass is 541 g/mol. The molecule has 0 aromatic carbocycles. The minimum atomic E-state index is -0.269. The Labute approximate surface area is 226 Å². The first kappa shape index (κ1) is 33.2. The molecule has 0 radical (unpaired) electrons. The van der Waals surface area contributed by atoms with Crippen LogP contribution in [0.5, 0.6) is 0 Å². The number of fused-ring (bicyclic) bond motifs is 15. The Morgan fingerprint density at radius 1 is 0.543 bits per heavy atom. The third kappa shape index (κ3) is 15.9. The minimum Gasteiger partial charge on any atom is -0.322 e. The summed E-state index contributed by atoms with van der Waals surface area (Å²) in [6.07, 6.45) is 13.8. The summed E-state index contributed by atoms with van der Waals surface area (Å²) in [6, 6.07) is 0. The van der Waals surface area contributed by atoms with E-state index in [1.54, 1.807) is 0 Å². The van der Waals surface area contributed by atoms with E-state index in [4.69, 9.17) is 5.73 Å². The van der Waals surface area contributed by atoms with Crippen molar-refractivity contribution in [3.63, 3.8) is 0 Å². The molecule has 3 heterocycles. The summed E-state index contributed by atoms with van der Waals surface area (Å²) < 4.78 is 0. The second-order valence-corrected chi connectivity index (χ2v) is 10.8. The van der Waals surface area contributed by atoms with Crippen LogP contribution in [0.15, 0.2) is 0 Å². The summed E-state index contributed by atoms with van der Waals surface area (Å²) in [4.78, 5) is 0. The van der Waals surface area contributed by atoms with Crippen molar-refractivity contribution in [3.8, 4) is 0 Å². The fourth-order valence-corrected chi connectivity index (χ4v) is 5.05. The number of nitrogens with one attached hydrogen (secondary N) is 7. The van der Waals surface area contributed by atoms with Gasteiger partial charge in [0.1, 0.15) is 0 Å². The molecule has 3 fully saturated rings. The molecule has 0 aromatic heterocycles. The standard InChI is InChI=1S/C26H58N8.Co/c1-2-3-4-5-6-7-8-9-10-11-12-34-26-22-31-16-13-28-19-25(27,20-29-14-17-32-23-26)21-30-15-18-33-24-26;/h28-34H,2-24,27H2,1H3;/q;+3. The molecule has 35 heavy (non-hydrogen) atoms. The first-order chi connectivity index (χ1) is 16.7. The van der Waals surface area contributed by atoms with Gasteiger partial charge >= 0.3 is 16.8 Å². The van der Waals surface area contributed by atoms with E-state index in [1.165, 1.54) is 64.2 Å². The SMILES string of the molecule is CCCCCCCCCCCCNC12CNCCNCC(N)(CNCCNC1)CNCCNC2.[Co+3]. The summed E-state index contributed by atoms with van der Waals surface area (Å²) in [5.74, 6) is 0. The van der Waals surface area contributed by atoms with E-state index >= 15 is 0 Å². The largest absolute Gasteiger partial charge is 3.00 e. The Bertz CT molecular complexity index is 439. The predicted octanol–water partition coefficient (Wildman–Crippen LogP) is 0.496. The molecule has 3 aliphatic heterocycles. The summed E-state index contributed by atoms with van der Waals surface area (Å²) >= 11 is 0. The van der Waals surface area contributed by atoms with Gasteiger partial charge in [0.25, 0.3) is 0 Å². The van der Waals surface area contributed by atoms with Crippen LogP contribution < -0.4 is 43.0 Å². The number of rotatable bonds is 12. The van der Waals surface area contributed by atoms with Gasteiger partial charge in [-0.2, -0.15) is 0 Å². The van der Waals surface area contributed by atoms with Crippen LogP contribution in [0.1, 0.15) is 71.1 Å². The van der Waals surface area contributed by atoms with Gasteiger partial charge in [-0.05, 0) is 13.0 Å². The second kappa shape index (κ2) is 21.2. The van der Waals surface area contributed by atoms with Crippen molar-refractivity contribution in [2.75, 3.05) is 85.1 Å². The quantitative estimate of drug-likeness (QED) is 0.169. The van der Waals surface area contributed by atoms with E-state index in [0.29, 0.717) is 0 Å². The molecule has 8 nitrogen and oxygen atoms in total. The summed E-state index contributed by atoms with van der Waals surface area (Å²) in [5, 5.41) is 25.8. The van der Waals surface area contributed by atoms with Crippen LogP contribution in [0.25, 0.3) is 0 Å². The second-order valence-electron chi connectivity index (χ2n) is 10.8. The molecule has 3 rings (SSSR count). The molecule has 0 aliphatic carbocycles. The Balaban J connectivity index is 0.00000612. The third-order valence-electron chi connectivity index (χ3n) is 7.29. The molecule has 9 N–H and O–H groups in total. The van der Waals surface area contributed by atoms with Crippen molar-refractivity contribution in [1.82, 2.24) is 37.2 Å². The van der Waals surface area contributed by atoms with Crippen molar-refractivity contribution in [3.05, 3.63) is 0 Å². The number of unbranched alkanes of at least 4 members (excludes halogenated alkanes) is 9. The smallest absolute Gasteiger partial charge is 0.322 e. The zero-order valence-corrected chi connectivity index (χ0v) is 23.7. The molecule has 0 unspecified atom stereocenters. The first-order valence-electron chi connectivity index (χ1n) is 14.5. The fourth-order valence-electron chi connectivity index (χ4n) is 5.05. The van der Waals surface area contributed by atoms with Crippen LogP contribution >= 0.6 is 0 Å². The van der Waals surface area contributed by atoms with Gasteiger partial charge < -0.3 is 43.0 Å². The molecule has 3 aliphatic rings. The van der Waals surface area contributed by atoms with E-state index < -0.39 is 0 Å². The van der Waals surface area contributed by atoms with Crippen LogP contribution in [0.4, 0.5) is 0 Å². The molecule has 208 valence electrons. The zero-order valence-electron chi connectivity index (χ0n) is 22.7. The van der Waals surface area contributed by atoms with Crippen molar-refractivity contribution >= 4 is 0 Å². The van der Waals surface area contributed by atoms with Crippen molar-refractivity contribution in [2.24, 2.45) is 5.73 Å². The van der Waals surface area contributed by atoms with Gasteiger partial charge in [0.15, 0.2) is 0 Å². The number of nitrogens with two attached hydrogens (primary N) is 1. The predicted molar refractivity (Wildman–Crippen MR) is 147 cm³/mol. The molecule has 2 bridgehead atoms. The van der Waals surface area contributed by atoms with Crippen molar-refractivity contribution < 1.29 is 16.8 Å². The van der Waals surface area contributed by atoms with Crippen LogP contribution in [0, 0.1) is 0 Å². The average molecular weight is 542 g/mol. The van der Waals surface area contributed by atoms with Crippen LogP contribution in [-0.2, 0) is 16.8 Å². The Kier molecular flexibility index (Phi) is 20.1. The van der Waals surface area contributed by atoms with Crippen molar-refractivity contribution in [1.29, 1.82) is 0 Å². The van der Waals surface area contributed by atoms with Gasteiger partial charge in [0.2, 0.25) is 0 Å². The average Bonchev–Trinajstić information content (AvgIpc) is 2.83. The Morgan fingerprint density at radius 2 is 0.886 bits per heavy atom. The van der Waals surface area contributed by atoms with E-state index in [9.17, 15) is 0 Å². The van der Waals surface area contributed by atoms with Gasteiger partial charge in [0, 0.05) is 78.5 Å². The van der Waals surface area contributed by atoms with Crippen LogP contribution in [0.3, 0.4) is 0 Å². The van der Waals surface area contributed by atoms with Gasteiger partial charge in [-0.1, -0.05) is 64.7 Å². The molecule has 0 atom stereocenters. The van der Waals surface area contributed by atoms with E-state index in [1.807, 2.05) is 0 Å². The normalized spacial score (nSPS) is 27.6. The molecule has 3 saturated heterocycles. The Hall–Kier alpha value is 0.186. The van der Waals surface area contributed by atoms with E-state index in [0.717, 1.165) is 85.1 Å². The molecular weight excluding hydrogens is 483 g/mol. The summed E-state index contributed by atoms with van der Waals surface area (Å²) in [6.45, 7) is 14.4. The maximum Gasteiger partial charge on any atom is 3.00 e. The maximum absolute atomic E-state index is 6.69. The minimum absolute atomic E-state index is 0. The summed E-state index contributed by atoms with van der Waals surface area (Å²) in [7, 11) is 0. The maximum atomic E-state index is 6.69. The van der Waals surface area contributed by atoms with Gasteiger partial charge in [0.05, 0.1) is 11.1 Å². The number of hydrogen-bond donors (Lipinski definition) is 8. The number of hydrogen-bond acceptors (Lipinski definition) is 8. The fraction of sp³-hybridized carbons (Fsp3) is 1.00. The third-order valence-corrected chi connectivity index (χ3v) is 7.29. The van der Waals surface area contributed by atoms with E-state index in [-0.39, 0.29) is 27.9 Å². The molecule has 0 aromatic rings. The molecule has 0 spiro atoms. The van der Waals surface area contributed by atoms with Gasteiger partial charge in [-0.15, -0.1) is 0 Å². The Morgan fingerprint density at radius 3 is 1.29 bits per heavy atom. The zero-order chi connectivity index (χ0) is 24.2. The topological polar surface area (TPSA) is 110 Å². The van der Waals surface area contributed by atoms with Crippen molar-refractivity contribution in [2.45, 2.75) is 82.2 Å². The van der Waals surface area contributed by atoms with Gasteiger partial charge in [-0.25, -0.2) is 0 Å². The van der Waals surface area contributed by atoms with Gasteiger partial charge in [-0.3, -0.25) is 0 Å². The molecule has 9 heteroatoms. The summed E-state index contributed by atoms with van der Waals surface area (Å²) in [5.41, 5.74) is 6.44. The first-order valence-corrected chi connectivity index (χ1v) is 14.5.